The lowest BCUT2D eigenvalue weighted by Crippen LogP contribution is -2.68. The topological polar surface area (TPSA) is 89.8 Å². The van der Waals surface area contributed by atoms with Crippen LogP contribution < -0.4 is 0 Å². The molecule has 0 aliphatic carbocycles. The van der Waals surface area contributed by atoms with Gasteiger partial charge in [-0.2, -0.15) is 0 Å². The van der Waals surface area contributed by atoms with Crippen molar-refractivity contribution in [2.75, 3.05) is 0 Å². The second kappa shape index (κ2) is 7.31. The van der Waals surface area contributed by atoms with Crippen LogP contribution in [0.5, 0.6) is 0 Å². The molecule has 29 heavy (non-hydrogen) atoms. The van der Waals surface area contributed by atoms with Crippen LogP contribution in [-0.2, 0) is 14.9 Å². The first-order valence-corrected chi connectivity index (χ1v) is 9.48. The standard InChI is InChI=1S/C22H24N2O5/c1-5-22(16-9-7-6-8-10-16)18(15-11-13-17(14-12-15)24(27)28)23(19(22)25)20(26)29-21(2,3)4/h6-14,18H,5H2,1-4H3/t18-,22+/m1/s1. The third-order valence-corrected chi connectivity index (χ3v) is 5.18. The summed E-state index contributed by atoms with van der Waals surface area (Å²) in [7, 11) is 0. The summed E-state index contributed by atoms with van der Waals surface area (Å²) in [6.45, 7) is 7.11. The lowest BCUT2D eigenvalue weighted by atomic mass is 9.62. The van der Waals surface area contributed by atoms with Gasteiger partial charge in [-0.25, -0.2) is 9.69 Å². The van der Waals surface area contributed by atoms with E-state index in [1.54, 1.807) is 32.9 Å². The first-order chi connectivity index (χ1) is 13.6. The van der Waals surface area contributed by atoms with E-state index in [0.717, 1.165) is 10.5 Å². The third kappa shape index (κ3) is 3.48. The predicted molar refractivity (Wildman–Crippen MR) is 107 cm³/mol. The van der Waals surface area contributed by atoms with E-state index in [-0.39, 0.29) is 11.6 Å². The Hall–Kier alpha value is -3.22. The highest BCUT2D eigenvalue weighted by atomic mass is 16.6. The molecule has 1 aliphatic heterocycles. The quantitative estimate of drug-likeness (QED) is 0.422. The smallest absolute Gasteiger partial charge is 0.417 e. The zero-order chi connectivity index (χ0) is 21.4. The van der Waals surface area contributed by atoms with Crippen molar-refractivity contribution in [1.29, 1.82) is 0 Å². The lowest BCUT2D eigenvalue weighted by Gasteiger charge is -2.54. The molecule has 0 radical (unpaired) electrons. The molecule has 2 aromatic rings. The minimum Gasteiger partial charge on any atom is -0.443 e. The Kier molecular flexibility index (Phi) is 5.17. The molecule has 0 spiro atoms. The van der Waals surface area contributed by atoms with E-state index in [0.29, 0.717) is 12.0 Å². The van der Waals surface area contributed by atoms with Gasteiger partial charge >= 0.3 is 6.09 Å². The molecule has 2 amide bonds. The van der Waals surface area contributed by atoms with Crippen LogP contribution in [0.1, 0.15) is 51.3 Å². The molecular formula is C22H24N2O5. The number of ether oxygens (including phenoxy) is 1. The Labute approximate surface area is 169 Å². The molecule has 0 aromatic heterocycles. The predicted octanol–water partition coefficient (Wildman–Crippen LogP) is 4.76. The van der Waals surface area contributed by atoms with E-state index >= 15 is 0 Å². The van der Waals surface area contributed by atoms with Crippen LogP contribution in [0.2, 0.25) is 0 Å². The largest absolute Gasteiger partial charge is 0.443 e. The first kappa shape index (κ1) is 20.5. The maximum atomic E-state index is 13.3. The number of likely N-dealkylation sites (tertiary alicyclic amines) is 1. The number of nitro benzene ring substituents is 1. The average molecular weight is 396 g/mol. The Balaban J connectivity index is 2.10. The number of hydrogen-bond donors (Lipinski definition) is 0. The number of rotatable bonds is 4. The van der Waals surface area contributed by atoms with E-state index in [1.165, 1.54) is 12.1 Å². The number of nitro groups is 1. The van der Waals surface area contributed by atoms with Gasteiger partial charge < -0.3 is 4.74 Å². The van der Waals surface area contributed by atoms with Gasteiger partial charge in [-0.05, 0) is 38.3 Å². The molecule has 0 unspecified atom stereocenters. The lowest BCUT2D eigenvalue weighted by molar-refractivity contribution is -0.384. The van der Waals surface area contributed by atoms with Gasteiger partial charge in [-0.1, -0.05) is 49.4 Å². The van der Waals surface area contributed by atoms with Crippen LogP contribution in [-0.4, -0.2) is 27.4 Å². The van der Waals surface area contributed by atoms with Gasteiger partial charge in [0.2, 0.25) is 5.91 Å². The SMILES string of the molecule is CC[C@@]1(c2ccccc2)C(=O)N(C(=O)OC(C)(C)C)[C@@H]1c1ccc([N+](=O)[O-])cc1. The number of benzene rings is 2. The molecule has 1 heterocycles. The molecule has 0 bridgehead atoms. The average Bonchev–Trinajstić information content (AvgIpc) is 2.66. The number of nitrogens with zero attached hydrogens (tertiary/aromatic N) is 2. The van der Waals surface area contributed by atoms with Gasteiger partial charge in [0.1, 0.15) is 5.60 Å². The van der Waals surface area contributed by atoms with Crippen LogP contribution in [0.3, 0.4) is 0 Å². The summed E-state index contributed by atoms with van der Waals surface area (Å²) in [6.07, 6.45) is -0.248. The Morgan fingerprint density at radius 2 is 1.72 bits per heavy atom. The highest BCUT2D eigenvalue weighted by molar-refractivity contribution is 6.06. The number of amides is 2. The summed E-state index contributed by atoms with van der Waals surface area (Å²) < 4.78 is 5.46. The summed E-state index contributed by atoms with van der Waals surface area (Å²) in [6, 6.07) is 14.7. The summed E-state index contributed by atoms with van der Waals surface area (Å²) in [5.74, 6) is -0.330. The van der Waals surface area contributed by atoms with Crippen molar-refractivity contribution >= 4 is 17.7 Å². The molecule has 0 N–H and O–H groups in total. The fourth-order valence-electron chi connectivity index (χ4n) is 3.88. The summed E-state index contributed by atoms with van der Waals surface area (Å²) in [5.41, 5.74) is -0.296. The van der Waals surface area contributed by atoms with Gasteiger partial charge in [-0.3, -0.25) is 14.9 Å². The van der Waals surface area contributed by atoms with Gasteiger partial charge in [0.05, 0.1) is 16.4 Å². The molecule has 1 saturated heterocycles. The van der Waals surface area contributed by atoms with Crippen LogP contribution in [0.25, 0.3) is 0 Å². The number of β-lactam (4-membered cyclic amide) rings is 1. The number of hydrogen-bond acceptors (Lipinski definition) is 5. The van der Waals surface area contributed by atoms with Crippen LogP contribution in [0.15, 0.2) is 54.6 Å². The van der Waals surface area contributed by atoms with E-state index < -0.39 is 28.1 Å². The highest BCUT2D eigenvalue weighted by Gasteiger charge is 2.64. The molecule has 3 rings (SSSR count). The molecule has 7 heteroatoms. The monoisotopic (exact) mass is 396 g/mol. The van der Waals surface area contributed by atoms with Gasteiger partial charge in [0.15, 0.2) is 0 Å². The zero-order valence-corrected chi connectivity index (χ0v) is 16.9. The van der Waals surface area contributed by atoms with Crippen molar-refractivity contribution in [1.82, 2.24) is 4.90 Å². The fourth-order valence-corrected chi connectivity index (χ4v) is 3.88. The van der Waals surface area contributed by atoms with Crippen molar-refractivity contribution in [3.63, 3.8) is 0 Å². The summed E-state index contributed by atoms with van der Waals surface area (Å²) in [5, 5.41) is 11.0. The van der Waals surface area contributed by atoms with E-state index in [9.17, 15) is 19.7 Å². The Bertz CT molecular complexity index is 934. The molecule has 1 aliphatic rings. The summed E-state index contributed by atoms with van der Waals surface area (Å²) in [4.78, 5) is 37.8. The van der Waals surface area contributed by atoms with Gasteiger partial charge in [0, 0.05) is 12.1 Å². The van der Waals surface area contributed by atoms with Gasteiger partial charge in [-0.15, -0.1) is 0 Å². The van der Waals surface area contributed by atoms with Crippen LogP contribution >= 0.6 is 0 Å². The van der Waals surface area contributed by atoms with E-state index in [1.807, 2.05) is 37.3 Å². The zero-order valence-electron chi connectivity index (χ0n) is 16.9. The third-order valence-electron chi connectivity index (χ3n) is 5.18. The number of non-ortho nitro benzene ring substituents is 1. The highest BCUT2D eigenvalue weighted by Crippen LogP contribution is 2.54. The van der Waals surface area contributed by atoms with Crippen molar-refractivity contribution < 1.29 is 19.2 Å². The normalized spacial score (nSPS) is 21.4. The van der Waals surface area contributed by atoms with E-state index in [4.69, 9.17) is 4.74 Å². The van der Waals surface area contributed by atoms with Crippen molar-refractivity contribution in [3.05, 3.63) is 75.8 Å². The number of carbonyl (C=O) groups is 2. The molecular weight excluding hydrogens is 372 g/mol. The van der Waals surface area contributed by atoms with Crippen LogP contribution in [0, 0.1) is 10.1 Å². The second-order valence-corrected chi connectivity index (χ2v) is 8.10. The Morgan fingerprint density at radius 3 is 2.21 bits per heavy atom. The van der Waals surface area contributed by atoms with Crippen LogP contribution in [0.4, 0.5) is 10.5 Å². The van der Waals surface area contributed by atoms with Crippen molar-refractivity contribution in [2.45, 2.75) is 51.2 Å². The molecule has 1 fully saturated rings. The number of imide groups is 1. The molecule has 152 valence electrons. The molecule has 2 aromatic carbocycles. The number of carbonyl (C=O) groups excluding carboxylic acids is 2. The maximum Gasteiger partial charge on any atom is 0.417 e. The van der Waals surface area contributed by atoms with Gasteiger partial charge in [0.25, 0.3) is 5.69 Å². The molecule has 7 nitrogen and oxygen atoms in total. The van der Waals surface area contributed by atoms with E-state index in [2.05, 4.69) is 0 Å². The second-order valence-electron chi connectivity index (χ2n) is 8.10. The Morgan fingerprint density at radius 1 is 1.14 bits per heavy atom. The first-order valence-electron chi connectivity index (χ1n) is 9.48. The molecule has 0 saturated carbocycles. The minimum atomic E-state index is -0.936. The minimum absolute atomic E-state index is 0.0509. The summed E-state index contributed by atoms with van der Waals surface area (Å²) >= 11 is 0. The maximum absolute atomic E-state index is 13.3. The van der Waals surface area contributed by atoms with Crippen molar-refractivity contribution in [2.24, 2.45) is 0 Å². The fraction of sp³-hybridized carbons (Fsp3) is 0.364. The molecule has 2 atom stereocenters. The van der Waals surface area contributed by atoms with Crippen molar-refractivity contribution in [3.8, 4) is 0 Å².